The second-order valence-electron chi connectivity index (χ2n) is 7.94. The van der Waals surface area contributed by atoms with Crippen molar-refractivity contribution in [1.29, 1.82) is 0 Å². The first-order valence-corrected chi connectivity index (χ1v) is 10.8. The number of benzene rings is 2. The minimum Gasteiger partial charge on any atom is -0.434 e. The van der Waals surface area contributed by atoms with Crippen molar-refractivity contribution in [1.82, 2.24) is 14.8 Å². The summed E-state index contributed by atoms with van der Waals surface area (Å²) in [5, 5.41) is 0. The number of hydrogen-bond acceptors (Lipinski definition) is 4. The largest absolute Gasteiger partial charge is 0.434 e. The fourth-order valence-electron chi connectivity index (χ4n) is 3.92. The van der Waals surface area contributed by atoms with Crippen molar-refractivity contribution in [2.45, 2.75) is 13.5 Å². The van der Waals surface area contributed by atoms with E-state index in [0.29, 0.717) is 5.69 Å². The molecule has 2 heterocycles. The zero-order chi connectivity index (χ0) is 24.2. The molecular formula is C25H23F2N3O4. The van der Waals surface area contributed by atoms with Crippen molar-refractivity contribution in [2.75, 3.05) is 26.2 Å². The van der Waals surface area contributed by atoms with Crippen LogP contribution in [-0.4, -0.2) is 59.4 Å². The third kappa shape index (κ3) is 4.98. The summed E-state index contributed by atoms with van der Waals surface area (Å²) in [6, 6.07) is 16.7. The van der Waals surface area contributed by atoms with Gasteiger partial charge >= 0.3 is 6.61 Å². The van der Waals surface area contributed by atoms with Gasteiger partial charge in [0.1, 0.15) is 11.3 Å². The number of piperazine rings is 1. The summed E-state index contributed by atoms with van der Waals surface area (Å²) in [7, 11) is 0. The molecule has 0 radical (unpaired) electrons. The van der Waals surface area contributed by atoms with Gasteiger partial charge in [-0.25, -0.2) is 0 Å². The van der Waals surface area contributed by atoms with E-state index in [-0.39, 0.29) is 43.1 Å². The SMILES string of the molecule is Cc1cccc(-c2ccc(C(=O)N3CCN(C(=O)c4ccccc4OC(F)F)CC3)c(=O)[nH]2)c1. The molecule has 0 atom stereocenters. The Kier molecular flexibility index (Phi) is 6.72. The van der Waals surface area contributed by atoms with E-state index in [2.05, 4.69) is 9.72 Å². The van der Waals surface area contributed by atoms with Crippen molar-refractivity contribution < 1.29 is 23.1 Å². The molecule has 1 saturated heterocycles. The van der Waals surface area contributed by atoms with Gasteiger partial charge in [-0.15, -0.1) is 0 Å². The number of ether oxygens (including phenoxy) is 1. The zero-order valence-electron chi connectivity index (χ0n) is 18.5. The summed E-state index contributed by atoms with van der Waals surface area (Å²) in [4.78, 5) is 44.2. The molecule has 9 heteroatoms. The van der Waals surface area contributed by atoms with E-state index in [9.17, 15) is 23.2 Å². The molecule has 0 saturated carbocycles. The van der Waals surface area contributed by atoms with E-state index >= 15 is 0 Å². The van der Waals surface area contributed by atoms with Crippen molar-refractivity contribution in [3.8, 4) is 17.0 Å². The molecule has 1 N–H and O–H groups in total. The van der Waals surface area contributed by atoms with Gasteiger partial charge in [-0.05, 0) is 42.8 Å². The molecule has 7 nitrogen and oxygen atoms in total. The van der Waals surface area contributed by atoms with Crippen LogP contribution < -0.4 is 10.3 Å². The van der Waals surface area contributed by atoms with Gasteiger partial charge in [0.25, 0.3) is 17.4 Å². The van der Waals surface area contributed by atoms with Crippen LogP contribution in [0.1, 0.15) is 26.3 Å². The summed E-state index contributed by atoms with van der Waals surface area (Å²) < 4.78 is 29.8. The highest BCUT2D eigenvalue weighted by Gasteiger charge is 2.28. The second-order valence-corrected chi connectivity index (χ2v) is 7.94. The zero-order valence-corrected chi connectivity index (χ0v) is 18.5. The van der Waals surface area contributed by atoms with Crippen LogP contribution in [0.3, 0.4) is 0 Å². The molecule has 1 aliphatic heterocycles. The summed E-state index contributed by atoms with van der Waals surface area (Å²) in [6.45, 7) is -0.268. The number of hydrogen-bond donors (Lipinski definition) is 1. The Balaban J connectivity index is 1.43. The van der Waals surface area contributed by atoms with E-state index < -0.39 is 24.0 Å². The highest BCUT2D eigenvalue weighted by molar-refractivity contribution is 5.97. The third-order valence-corrected chi connectivity index (χ3v) is 5.66. The Morgan fingerprint density at radius 1 is 0.882 bits per heavy atom. The number of halogens is 2. The lowest BCUT2D eigenvalue weighted by Crippen LogP contribution is -2.51. The first kappa shape index (κ1) is 23.2. The van der Waals surface area contributed by atoms with Gasteiger partial charge in [0.2, 0.25) is 0 Å². The Hall–Kier alpha value is -4.01. The van der Waals surface area contributed by atoms with E-state index in [1.807, 2.05) is 31.2 Å². The van der Waals surface area contributed by atoms with Gasteiger partial charge in [0.15, 0.2) is 0 Å². The molecule has 1 aromatic heterocycles. The molecule has 34 heavy (non-hydrogen) atoms. The van der Waals surface area contributed by atoms with Crippen molar-refractivity contribution >= 4 is 11.8 Å². The first-order valence-electron chi connectivity index (χ1n) is 10.8. The molecular weight excluding hydrogens is 444 g/mol. The highest BCUT2D eigenvalue weighted by atomic mass is 19.3. The molecule has 0 spiro atoms. The normalized spacial score (nSPS) is 13.8. The van der Waals surface area contributed by atoms with Crippen molar-refractivity contribution in [2.24, 2.45) is 0 Å². The van der Waals surface area contributed by atoms with Crippen molar-refractivity contribution in [3.05, 3.63) is 87.7 Å². The maximum Gasteiger partial charge on any atom is 0.387 e. The molecule has 1 fully saturated rings. The maximum absolute atomic E-state index is 12.9. The Bertz CT molecular complexity index is 1270. The summed E-state index contributed by atoms with van der Waals surface area (Å²) in [5.41, 5.74) is 2.08. The lowest BCUT2D eigenvalue weighted by atomic mass is 10.1. The number of nitrogens with one attached hydrogen (secondary N) is 1. The number of para-hydroxylation sites is 1. The number of alkyl halides is 2. The van der Waals surface area contributed by atoms with Gasteiger partial charge < -0.3 is 19.5 Å². The first-order chi connectivity index (χ1) is 16.3. The number of pyridine rings is 1. The standard InChI is InChI=1S/C25H23F2N3O4/c1-16-5-4-6-17(15-16)20-10-9-19(22(31)28-20)24(33)30-13-11-29(12-14-30)23(32)18-7-2-3-8-21(18)34-25(26)27/h2-10,15,25H,11-14H2,1H3,(H,28,31). The second kappa shape index (κ2) is 9.86. The quantitative estimate of drug-likeness (QED) is 0.622. The number of aryl methyl sites for hydroxylation is 1. The summed E-state index contributed by atoms with van der Waals surface area (Å²) in [5.74, 6) is -1.07. The maximum atomic E-state index is 12.9. The average molecular weight is 467 g/mol. The third-order valence-electron chi connectivity index (χ3n) is 5.66. The topological polar surface area (TPSA) is 82.7 Å². The lowest BCUT2D eigenvalue weighted by molar-refractivity contribution is -0.0503. The smallest absolute Gasteiger partial charge is 0.387 e. The van der Waals surface area contributed by atoms with Crippen LogP contribution in [0.4, 0.5) is 8.78 Å². The van der Waals surface area contributed by atoms with E-state index in [4.69, 9.17) is 0 Å². The van der Waals surface area contributed by atoms with Crippen LogP contribution in [0.5, 0.6) is 5.75 Å². The lowest BCUT2D eigenvalue weighted by Gasteiger charge is -2.35. The van der Waals surface area contributed by atoms with Gasteiger partial charge in [-0.2, -0.15) is 8.78 Å². The molecule has 0 bridgehead atoms. The van der Waals surface area contributed by atoms with Crippen LogP contribution in [0.25, 0.3) is 11.3 Å². The van der Waals surface area contributed by atoms with Crippen LogP contribution in [0.15, 0.2) is 65.5 Å². The Labute approximate surface area is 194 Å². The average Bonchev–Trinajstić information content (AvgIpc) is 2.83. The number of H-pyrrole nitrogens is 1. The van der Waals surface area contributed by atoms with Gasteiger partial charge in [0, 0.05) is 31.9 Å². The minimum absolute atomic E-state index is 0.0202. The number of rotatable bonds is 5. The molecule has 1 aliphatic rings. The highest BCUT2D eigenvalue weighted by Crippen LogP contribution is 2.23. The predicted octanol–water partition coefficient (Wildman–Crippen LogP) is 3.55. The number of nitrogens with zero attached hydrogens (tertiary/aromatic N) is 2. The summed E-state index contributed by atoms with van der Waals surface area (Å²) in [6.07, 6.45) is 0. The molecule has 4 rings (SSSR count). The summed E-state index contributed by atoms with van der Waals surface area (Å²) >= 11 is 0. The van der Waals surface area contributed by atoms with Crippen molar-refractivity contribution in [3.63, 3.8) is 0 Å². The number of aromatic amines is 1. The van der Waals surface area contributed by atoms with E-state index in [1.165, 1.54) is 34.1 Å². The fraction of sp³-hybridized carbons (Fsp3) is 0.240. The Morgan fingerprint density at radius 3 is 2.15 bits per heavy atom. The van der Waals surface area contributed by atoms with Gasteiger partial charge in [-0.1, -0.05) is 35.9 Å². The van der Waals surface area contributed by atoms with E-state index in [1.54, 1.807) is 12.1 Å². The predicted molar refractivity (Wildman–Crippen MR) is 122 cm³/mol. The monoisotopic (exact) mass is 467 g/mol. The number of carbonyl (C=O) groups is 2. The van der Waals surface area contributed by atoms with E-state index in [0.717, 1.165) is 11.1 Å². The number of carbonyl (C=O) groups excluding carboxylic acids is 2. The van der Waals surface area contributed by atoms with Crippen LogP contribution in [-0.2, 0) is 0 Å². The van der Waals surface area contributed by atoms with Crippen LogP contribution in [0, 0.1) is 6.92 Å². The molecule has 2 amide bonds. The van der Waals surface area contributed by atoms with Crippen LogP contribution in [0.2, 0.25) is 0 Å². The Morgan fingerprint density at radius 2 is 1.53 bits per heavy atom. The fourth-order valence-corrected chi connectivity index (χ4v) is 3.92. The van der Waals surface area contributed by atoms with Gasteiger partial charge in [-0.3, -0.25) is 14.4 Å². The molecule has 0 aliphatic carbocycles. The number of amides is 2. The minimum atomic E-state index is -3.04. The van der Waals surface area contributed by atoms with Gasteiger partial charge in [0.05, 0.1) is 5.56 Å². The van der Waals surface area contributed by atoms with Crippen LogP contribution >= 0.6 is 0 Å². The molecule has 3 aromatic rings. The molecule has 2 aromatic carbocycles. The number of aromatic nitrogens is 1. The molecule has 0 unspecified atom stereocenters. The molecule has 176 valence electrons.